The highest BCUT2D eigenvalue weighted by Crippen LogP contribution is 2.16. The van der Waals surface area contributed by atoms with Crippen LogP contribution in [0.1, 0.15) is 25.0 Å². The molecule has 1 heterocycles. The number of sulfonamides is 1. The highest BCUT2D eigenvalue weighted by molar-refractivity contribution is 7.92. The number of hydrogen-bond acceptors (Lipinski definition) is 4. The number of nitrogens with one attached hydrogen (secondary N) is 1. The lowest BCUT2D eigenvalue weighted by Gasteiger charge is -2.07. The van der Waals surface area contributed by atoms with Crippen LogP contribution < -0.4 is 4.72 Å². The van der Waals surface area contributed by atoms with E-state index in [1.54, 1.807) is 24.3 Å². The van der Waals surface area contributed by atoms with Crippen LogP contribution in [0.5, 0.6) is 0 Å². The van der Waals surface area contributed by atoms with Crippen LogP contribution in [0.25, 0.3) is 0 Å². The number of nitrogens with zero attached hydrogens (tertiary/aromatic N) is 3. The molecular weight excluding hydrogens is 367 g/mol. The van der Waals surface area contributed by atoms with Crippen LogP contribution in [-0.2, 0) is 23.0 Å². The second-order valence-corrected chi connectivity index (χ2v) is 8.43. The fourth-order valence-electron chi connectivity index (χ4n) is 2.70. The zero-order valence-corrected chi connectivity index (χ0v) is 15.9. The van der Waals surface area contributed by atoms with E-state index in [9.17, 15) is 12.8 Å². The standard InChI is InChI=1S/C19H21FN4O2S/c1-14(2)10-15-6-8-18(9-7-15)27(25,26)23-19-21-13-24(22-19)12-16-4-3-5-17(20)11-16/h3-9,11,13-14H,10,12H2,1-2H3,(H,22,23). The minimum absolute atomic E-state index is 0.0299. The van der Waals surface area contributed by atoms with Gasteiger partial charge in [0.15, 0.2) is 0 Å². The van der Waals surface area contributed by atoms with Crippen molar-refractivity contribution in [3.8, 4) is 0 Å². The van der Waals surface area contributed by atoms with E-state index >= 15 is 0 Å². The Labute approximate surface area is 158 Å². The van der Waals surface area contributed by atoms with Gasteiger partial charge < -0.3 is 0 Å². The molecule has 142 valence electrons. The Hall–Kier alpha value is -2.74. The molecule has 6 nitrogen and oxygen atoms in total. The molecule has 1 N–H and O–H groups in total. The van der Waals surface area contributed by atoms with Gasteiger partial charge >= 0.3 is 0 Å². The maximum Gasteiger partial charge on any atom is 0.264 e. The lowest BCUT2D eigenvalue weighted by Crippen LogP contribution is -2.14. The second kappa shape index (κ2) is 7.87. The minimum Gasteiger partial charge on any atom is -0.246 e. The summed E-state index contributed by atoms with van der Waals surface area (Å²) in [6, 6.07) is 12.9. The van der Waals surface area contributed by atoms with Crippen molar-refractivity contribution in [3.63, 3.8) is 0 Å². The summed E-state index contributed by atoms with van der Waals surface area (Å²) in [5.41, 5.74) is 1.79. The molecule has 8 heteroatoms. The van der Waals surface area contributed by atoms with Gasteiger partial charge in [-0.1, -0.05) is 38.1 Å². The summed E-state index contributed by atoms with van der Waals surface area (Å²) in [5.74, 6) is 0.129. The molecule has 3 aromatic rings. The number of anilines is 1. The average molecular weight is 388 g/mol. The Balaban J connectivity index is 1.70. The van der Waals surface area contributed by atoms with Crippen molar-refractivity contribution >= 4 is 16.0 Å². The van der Waals surface area contributed by atoms with E-state index in [-0.39, 0.29) is 23.2 Å². The maximum absolute atomic E-state index is 13.2. The van der Waals surface area contributed by atoms with Gasteiger partial charge in [0.05, 0.1) is 11.4 Å². The first kappa shape index (κ1) is 19.0. The second-order valence-electron chi connectivity index (χ2n) is 6.74. The molecule has 0 saturated carbocycles. The van der Waals surface area contributed by atoms with Crippen LogP contribution in [0.15, 0.2) is 59.8 Å². The average Bonchev–Trinajstić information content (AvgIpc) is 3.01. The van der Waals surface area contributed by atoms with Crippen LogP contribution in [0.2, 0.25) is 0 Å². The van der Waals surface area contributed by atoms with Crippen molar-refractivity contribution in [3.05, 3.63) is 71.8 Å². The number of halogens is 1. The largest absolute Gasteiger partial charge is 0.264 e. The van der Waals surface area contributed by atoms with E-state index in [0.29, 0.717) is 11.5 Å². The summed E-state index contributed by atoms with van der Waals surface area (Å²) in [4.78, 5) is 4.12. The summed E-state index contributed by atoms with van der Waals surface area (Å²) >= 11 is 0. The summed E-state index contributed by atoms with van der Waals surface area (Å²) in [7, 11) is -3.77. The third-order valence-electron chi connectivity index (χ3n) is 3.87. The van der Waals surface area contributed by atoms with E-state index in [1.807, 2.05) is 12.1 Å². The number of hydrogen-bond donors (Lipinski definition) is 1. The van der Waals surface area contributed by atoms with Crippen molar-refractivity contribution < 1.29 is 12.8 Å². The minimum atomic E-state index is -3.77. The third kappa shape index (κ3) is 5.13. The molecule has 0 bridgehead atoms. The van der Waals surface area contributed by atoms with E-state index in [0.717, 1.165) is 12.0 Å². The van der Waals surface area contributed by atoms with Gasteiger partial charge in [0.25, 0.3) is 16.0 Å². The monoisotopic (exact) mass is 388 g/mol. The predicted octanol–water partition coefficient (Wildman–Crippen LogP) is 3.46. The molecule has 0 radical (unpaired) electrons. The smallest absolute Gasteiger partial charge is 0.246 e. The Morgan fingerprint density at radius 3 is 2.52 bits per heavy atom. The van der Waals surface area contributed by atoms with Gasteiger partial charge in [0.2, 0.25) is 0 Å². The zero-order valence-electron chi connectivity index (χ0n) is 15.1. The highest BCUT2D eigenvalue weighted by Gasteiger charge is 2.16. The van der Waals surface area contributed by atoms with Crippen molar-refractivity contribution in [2.75, 3.05) is 4.72 Å². The molecular formula is C19H21FN4O2S. The number of aromatic nitrogens is 3. The van der Waals surface area contributed by atoms with Crippen LogP contribution in [0.3, 0.4) is 0 Å². The van der Waals surface area contributed by atoms with Crippen LogP contribution in [0.4, 0.5) is 10.3 Å². The van der Waals surface area contributed by atoms with E-state index in [4.69, 9.17) is 0 Å². The Morgan fingerprint density at radius 1 is 1.11 bits per heavy atom. The van der Waals surface area contributed by atoms with E-state index in [1.165, 1.54) is 23.1 Å². The van der Waals surface area contributed by atoms with E-state index in [2.05, 4.69) is 28.7 Å². The van der Waals surface area contributed by atoms with Crippen molar-refractivity contribution in [1.82, 2.24) is 14.8 Å². The van der Waals surface area contributed by atoms with Gasteiger partial charge in [0, 0.05) is 0 Å². The molecule has 0 aliphatic carbocycles. The maximum atomic E-state index is 13.2. The zero-order chi connectivity index (χ0) is 19.4. The van der Waals surface area contributed by atoms with Crippen LogP contribution in [-0.4, -0.2) is 23.2 Å². The number of rotatable bonds is 7. The van der Waals surface area contributed by atoms with Crippen molar-refractivity contribution in [2.24, 2.45) is 5.92 Å². The van der Waals surface area contributed by atoms with Gasteiger partial charge in [0.1, 0.15) is 12.1 Å². The molecule has 1 aromatic heterocycles. The van der Waals surface area contributed by atoms with Crippen LogP contribution in [0, 0.1) is 11.7 Å². The predicted molar refractivity (Wildman–Crippen MR) is 101 cm³/mol. The molecule has 0 spiro atoms. The molecule has 0 saturated heterocycles. The Morgan fingerprint density at radius 2 is 1.85 bits per heavy atom. The molecule has 3 rings (SSSR count). The number of benzene rings is 2. The highest BCUT2D eigenvalue weighted by atomic mass is 32.2. The van der Waals surface area contributed by atoms with Gasteiger partial charge in [-0.3, -0.25) is 0 Å². The first-order valence-electron chi connectivity index (χ1n) is 8.57. The summed E-state index contributed by atoms with van der Waals surface area (Å²) in [6.07, 6.45) is 2.29. The summed E-state index contributed by atoms with van der Waals surface area (Å²) in [5, 5.41) is 4.10. The quantitative estimate of drug-likeness (QED) is 0.672. The normalized spacial score (nSPS) is 11.7. The molecule has 0 atom stereocenters. The van der Waals surface area contributed by atoms with E-state index < -0.39 is 10.0 Å². The fraction of sp³-hybridized carbons (Fsp3) is 0.263. The SMILES string of the molecule is CC(C)Cc1ccc(S(=O)(=O)Nc2ncn(Cc3cccc(F)c3)n2)cc1. The van der Waals surface area contributed by atoms with Gasteiger partial charge in [-0.15, -0.1) is 5.10 Å². The third-order valence-corrected chi connectivity index (χ3v) is 5.22. The molecule has 0 aliphatic rings. The first-order valence-corrected chi connectivity index (χ1v) is 10.1. The summed E-state index contributed by atoms with van der Waals surface area (Å²) < 4.78 is 42.1. The first-order chi connectivity index (χ1) is 12.8. The van der Waals surface area contributed by atoms with Crippen molar-refractivity contribution in [1.29, 1.82) is 0 Å². The molecule has 27 heavy (non-hydrogen) atoms. The van der Waals surface area contributed by atoms with Gasteiger partial charge in [-0.2, -0.15) is 4.98 Å². The van der Waals surface area contributed by atoms with Gasteiger partial charge in [-0.05, 0) is 47.7 Å². The summed E-state index contributed by atoms with van der Waals surface area (Å²) in [6.45, 7) is 4.51. The topological polar surface area (TPSA) is 76.9 Å². The lowest BCUT2D eigenvalue weighted by atomic mass is 10.0. The molecule has 0 amide bonds. The molecule has 2 aromatic carbocycles. The molecule has 0 unspecified atom stereocenters. The lowest BCUT2D eigenvalue weighted by molar-refractivity contribution is 0.600. The molecule has 0 fully saturated rings. The van der Waals surface area contributed by atoms with Gasteiger partial charge in [-0.25, -0.2) is 22.2 Å². The van der Waals surface area contributed by atoms with Crippen molar-refractivity contribution in [2.45, 2.75) is 31.7 Å². The van der Waals surface area contributed by atoms with Crippen LogP contribution >= 0.6 is 0 Å². The Bertz CT molecular complexity index is 1010. The molecule has 0 aliphatic heterocycles. The Kier molecular flexibility index (Phi) is 5.55. The fourth-order valence-corrected chi connectivity index (χ4v) is 3.64.